The van der Waals surface area contributed by atoms with Gasteiger partial charge in [-0.25, -0.2) is 0 Å². The topological polar surface area (TPSA) is 71.0 Å². The Kier molecular flexibility index (Phi) is 7.19. The average molecular weight is 739 g/mol. The van der Waals surface area contributed by atoms with Gasteiger partial charge in [-0.1, -0.05) is 127 Å². The smallest absolute Gasteiger partial charge is 0.391 e. The van der Waals surface area contributed by atoms with E-state index in [-0.39, 0.29) is 0 Å². The molecule has 0 saturated carbocycles. The summed E-state index contributed by atoms with van der Waals surface area (Å²) in [6, 6.07) is 57.0. The minimum absolute atomic E-state index is 0.521. The van der Waals surface area contributed by atoms with Crippen LogP contribution in [0.2, 0.25) is 0 Å². The highest BCUT2D eigenvalue weighted by molar-refractivity contribution is 7.32. The second-order valence-corrected chi connectivity index (χ2v) is 15.1. The summed E-state index contributed by atoms with van der Waals surface area (Å²) in [5.41, 5.74) is 2.79. The molecule has 9 aromatic carbocycles. The van der Waals surface area contributed by atoms with Crippen LogP contribution in [0.25, 0.3) is 87.0 Å². The fourth-order valence-corrected chi connectivity index (χ4v) is 9.58. The third kappa shape index (κ3) is 5.19. The molecule has 0 spiro atoms. The summed E-state index contributed by atoms with van der Waals surface area (Å²) in [4.78, 5) is 0. The Hall–Kier alpha value is -6.58. The van der Waals surface area contributed by atoms with Crippen LogP contribution in [0.3, 0.4) is 0 Å². The predicted octanol–water partition coefficient (Wildman–Crippen LogP) is 15.2. The first-order valence-electron chi connectivity index (χ1n) is 17.6. The van der Waals surface area contributed by atoms with Gasteiger partial charge in [0.15, 0.2) is 0 Å². The minimum Gasteiger partial charge on any atom is -0.391 e. The van der Waals surface area contributed by atoms with Gasteiger partial charge in [0.25, 0.3) is 0 Å². The monoisotopic (exact) mass is 738 g/mol. The Labute approximate surface area is 309 Å². The highest BCUT2D eigenvalue weighted by Crippen LogP contribution is 2.45. The van der Waals surface area contributed by atoms with Crippen LogP contribution in [0.5, 0.6) is 11.5 Å². The van der Waals surface area contributed by atoms with Crippen LogP contribution in [0, 0.1) is 0 Å². The maximum absolute atomic E-state index is 6.59. The van der Waals surface area contributed by atoms with Gasteiger partial charge in [0, 0.05) is 27.6 Å². The van der Waals surface area contributed by atoms with E-state index in [1.165, 1.54) is 0 Å². The SMILES string of the molecule is c1cc(Op2oc3ccc4ccccc4c3c3c(ccc4ccccc43)o2)cc(Op2oc3ccc4ccccc4c3c3c(ccc4ccccc43)o2)c1. The maximum atomic E-state index is 6.59. The number of rotatable bonds is 4. The second-order valence-electron chi connectivity index (χ2n) is 13.1. The van der Waals surface area contributed by atoms with Crippen LogP contribution in [-0.2, 0) is 0 Å². The molecule has 0 atom stereocenters. The van der Waals surface area contributed by atoms with E-state index in [1.807, 2.05) is 72.8 Å². The summed E-state index contributed by atoms with van der Waals surface area (Å²) in [7, 11) is -3.82. The molecule has 11 aromatic rings. The van der Waals surface area contributed by atoms with Crippen LogP contribution < -0.4 is 9.05 Å². The van der Waals surface area contributed by atoms with Gasteiger partial charge in [0.1, 0.15) is 33.8 Å². The first kappa shape index (κ1) is 31.0. The molecule has 6 nitrogen and oxygen atoms in total. The summed E-state index contributed by atoms with van der Waals surface area (Å²) < 4.78 is 39.4. The molecule has 2 heterocycles. The minimum atomic E-state index is -1.91. The number of hydrogen-bond acceptors (Lipinski definition) is 6. The fraction of sp³-hybridized carbons (Fsp3) is 0. The van der Waals surface area contributed by atoms with Crippen molar-refractivity contribution in [2.45, 2.75) is 0 Å². The summed E-state index contributed by atoms with van der Waals surface area (Å²) in [6.07, 6.45) is 0. The third-order valence-corrected chi connectivity index (χ3v) is 12.0. The van der Waals surface area contributed by atoms with Crippen molar-refractivity contribution in [2.24, 2.45) is 0 Å². The van der Waals surface area contributed by atoms with E-state index in [4.69, 9.17) is 25.8 Å². The number of benzene rings is 9. The zero-order valence-corrected chi connectivity index (χ0v) is 30.3. The molecule has 0 amide bonds. The van der Waals surface area contributed by atoms with Crippen LogP contribution in [0.4, 0.5) is 0 Å². The van der Waals surface area contributed by atoms with Crippen molar-refractivity contribution in [3.63, 3.8) is 0 Å². The fourth-order valence-electron chi connectivity index (χ4n) is 7.53. The maximum Gasteiger partial charge on any atom is 0.453 e. The van der Waals surface area contributed by atoms with Gasteiger partial charge in [-0.05, 0) is 79.5 Å². The van der Waals surface area contributed by atoms with Crippen molar-refractivity contribution >= 4 is 103 Å². The Morgan fingerprint density at radius 3 is 0.907 bits per heavy atom. The van der Waals surface area contributed by atoms with Crippen LogP contribution in [0.15, 0.2) is 187 Å². The van der Waals surface area contributed by atoms with Gasteiger partial charge in [-0.15, -0.1) is 0 Å². The number of fused-ring (bicyclic) bond motifs is 14. The molecule has 0 aliphatic rings. The Morgan fingerprint density at radius 1 is 0.296 bits per heavy atom. The molecule has 0 N–H and O–H groups in total. The molecular formula is C46H28O6P2. The van der Waals surface area contributed by atoms with Crippen molar-refractivity contribution in [1.82, 2.24) is 0 Å². The highest BCUT2D eigenvalue weighted by atomic mass is 31.1. The zero-order chi connectivity index (χ0) is 35.6. The molecule has 0 bridgehead atoms. The molecule has 8 heteroatoms. The summed E-state index contributed by atoms with van der Waals surface area (Å²) in [5, 5.41) is 12.7. The third-order valence-electron chi connectivity index (χ3n) is 9.92. The van der Waals surface area contributed by atoms with Gasteiger partial charge in [-0.3, -0.25) is 0 Å². The molecule has 54 heavy (non-hydrogen) atoms. The molecule has 258 valence electrons. The van der Waals surface area contributed by atoms with E-state index >= 15 is 0 Å². The van der Waals surface area contributed by atoms with Gasteiger partial charge < -0.3 is 25.8 Å². The predicted molar refractivity (Wildman–Crippen MR) is 221 cm³/mol. The van der Waals surface area contributed by atoms with Crippen molar-refractivity contribution in [3.05, 3.63) is 170 Å². The van der Waals surface area contributed by atoms with Crippen LogP contribution in [0.1, 0.15) is 0 Å². The van der Waals surface area contributed by atoms with Crippen LogP contribution in [-0.4, -0.2) is 0 Å². The lowest BCUT2D eigenvalue weighted by Gasteiger charge is -2.05. The molecule has 0 aliphatic carbocycles. The summed E-state index contributed by atoms with van der Waals surface area (Å²) in [6.45, 7) is 0. The first-order chi connectivity index (χ1) is 26.7. The Morgan fingerprint density at radius 2 is 0.593 bits per heavy atom. The second kappa shape index (κ2) is 12.5. The van der Waals surface area contributed by atoms with Crippen molar-refractivity contribution in [2.75, 3.05) is 0 Å². The van der Waals surface area contributed by atoms with Gasteiger partial charge in [0.05, 0.1) is 0 Å². The summed E-state index contributed by atoms with van der Waals surface area (Å²) in [5.74, 6) is 1.04. The van der Waals surface area contributed by atoms with Gasteiger partial charge >= 0.3 is 16.5 Å². The van der Waals surface area contributed by atoms with E-state index in [0.29, 0.717) is 33.8 Å². The largest absolute Gasteiger partial charge is 0.453 e. The molecule has 0 unspecified atom stereocenters. The first-order valence-corrected chi connectivity index (χ1v) is 19.8. The Bertz CT molecular complexity index is 2950. The highest BCUT2D eigenvalue weighted by Gasteiger charge is 2.17. The van der Waals surface area contributed by atoms with E-state index in [0.717, 1.165) is 64.6 Å². The van der Waals surface area contributed by atoms with Gasteiger partial charge in [-0.2, -0.15) is 0 Å². The van der Waals surface area contributed by atoms with E-state index < -0.39 is 16.5 Å². The van der Waals surface area contributed by atoms with E-state index in [2.05, 4.69) is 97.1 Å². The lowest BCUT2D eigenvalue weighted by molar-refractivity contribution is 0.486. The molecular weight excluding hydrogens is 710 g/mol. The number of hydrogen-bond donors (Lipinski definition) is 0. The van der Waals surface area contributed by atoms with E-state index in [1.54, 1.807) is 0 Å². The van der Waals surface area contributed by atoms with Crippen molar-refractivity contribution in [3.8, 4) is 11.5 Å². The molecule has 11 rings (SSSR count). The Balaban J connectivity index is 1.05. The standard InChI is InChI=1S/C46H28O6P2/c1-5-16-35-29(10-1)20-24-39-43(35)44-36-17-6-2-11-30(36)21-25-40(44)50-53(49-39)47-33-14-9-15-34(28-33)48-54-51-41-26-22-31-12-3-7-18-37(31)45(41)46-38-19-8-4-13-32(38)23-27-42(46)52-54/h1-28H. The summed E-state index contributed by atoms with van der Waals surface area (Å²) >= 11 is 0. The molecule has 2 aromatic heterocycles. The van der Waals surface area contributed by atoms with Crippen LogP contribution >= 0.6 is 16.5 Å². The normalized spacial score (nSPS) is 11.7. The molecule has 0 radical (unpaired) electrons. The zero-order valence-electron chi connectivity index (χ0n) is 28.5. The van der Waals surface area contributed by atoms with E-state index in [9.17, 15) is 0 Å². The molecule has 0 saturated heterocycles. The molecule has 0 fully saturated rings. The molecule has 0 aliphatic heterocycles. The average Bonchev–Trinajstić information content (AvgIpc) is 3.48. The van der Waals surface area contributed by atoms with Gasteiger partial charge in [0.2, 0.25) is 0 Å². The lowest BCUT2D eigenvalue weighted by atomic mass is 9.99. The quantitative estimate of drug-likeness (QED) is 0.179. The lowest BCUT2D eigenvalue weighted by Crippen LogP contribution is -1.82. The van der Waals surface area contributed by atoms with Crippen molar-refractivity contribution in [1.29, 1.82) is 0 Å². The van der Waals surface area contributed by atoms with Crippen molar-refractivity contribution < 1.29 is 25.8 Å².